The molecular formula is C12H12N2O3. The van der Waals surface area contributed by atoms with Gasteiger partial charge < -0.3 is 4.74 Å². The van der Waals surface area contributed by atoms with Gasteiger partial charge in [0, 0.05) is 11.8 Å². The van der Waals surface area contributed by atoms with E-state index in [9.17, 15) is 9.70 Å². The zero-order chi connectivity index (χ0) is 12.3. The molecule has 0 aliphatic carbocycles. The summed E-state index contributed by atoms with van der Waals surface area (Å²) in [4.78, 5) is 23.2. The predicted octanol–water partition coefficient (Wildman–Crippen LogP) is 2.77. The smallest absolute Gasteiger partial charge is 0.354 e. The first kappa shape index (κ1) is 11.5. The SMILES string of the molecule is CCOC1C=Cc2ccccc2N1C(=O)N=O. The Morgan fingerprint density at radius 3 is 2.94 bits per heavy atom. The van der Waals surface area contributed by atoms with Crippen LogP contribution in [0, 0.1) is 4.91 Å². The van der Waals surface area contributed by atoms with Crippen LogP contribution < -0.4 is 4.90 Å². The summed E-state index contributed by atoms with van der Waals surface area (Å²) in [6.45, 7) is 2.27. The van der Waals surface area contributed by atoms with Crippen molar-refractivity contribution in [2.45, 2.75) is 13.2 Å². The van der Waals surface area contributed by atoms with Crippen LogP contribution in [0.5, 0.6) is 0 Å². The fraction of sp³-hybridized carbons (Fsp3) is 0.250. The molecule has 5 nitrogen and oxygen atoms in total. The topological polar surface area (TPSA) is 59.0 Å². The lowest BCUT2D eigenvalue weighted by Crippen LogP contribution is -2.41. The van der Waals surface area contributed by atoms with Crippen LogP contribution in [0.1, 0.15) is 12.5 Å². The summed E-state index contributed by atoms with van der Waals surface area (Å²) < 4.78 is 5.39. The molecule has 1 atom stereocenters. The van der Waals surface area contributed by atoms with E-state index in [4.69, 9.17) is 4.74 Å². The predicted molar refractivity (Wildman–Crippen MR) is 64.6 cm³/mol. The van der Waals surface area contributed by atoms with E-state index < -0.39 is 12.3 Å². The number of rotatable bonds is 2. The monoisotopic (exact) mass is 232 g/mol. The van der Waals surface area contributed by atoms with Crippen molar-refractivity contribution < 1.29 is 9.53 Å². The fourth-order valence-corrected chi connectivity index (χ4v) is 1.81. The molecule has 0 bridgehead atoms. The average Bonchev–Trinajstić information content (AvgIpc) is 2.38. The minimum atomic E-state index is -0.847. The lowest BCUT2D eigenvalue weighted by molar-refractivity contribution is 0.0975. The van der Waals surface area contributed by atoms with E-state index in [-0.39, 0.29) is 0 Å². The second-order valence-corrected chi connectivity index (χ2v) is 3.51. The molecule has 1 aliphatic rings. The van der Waals surface area contributed by atoms with Gasteiger partial charge in [0.15, 0.2) is 6.23 Å². The summed E-state index contributed by atoms with van der Waals surface area (Å²) in [5, 5.41) is 2.47. The van der Waals surface area contributed by atoms with Gasteiger partial charge in [-0.2, -0.15) is 0 Å². The number of para-hydroxylation sites is 1. The van der Waals surface area contributed by atoms with Gasteiger partial charge in [-0.3, -0.25) is 4.90 Å². The Balaban J connectivity index is 2.43. The van der Waals surface area contributed by atoms with E-state index in [1.807, 2.05) is 25.1 Å². The number of carbonyl (C=O) groups excluding carboxylic acids is 1. The van der Waals surface area contributed by atoms with Crippen molar-refractivity contribution >= 4 is 17.8 Å². The van der Waals surface area contributed by atoms with Crippen LogP contribution in [0.25, 0.3) is 6.08 Å². The van der Waals surface area contributed by atoms with E-state index in [0.717, 1.165) is 5.56 Å². The highest BCUT2D eigenvalue weighted by molar-refractivity contribution is 5.96. The third-order valence-corrected chi connectivity index (χ3v) is 2.51. The number of nitroso groups, excluding NO2 is 1. The van der Waals surface area contributed by atoms with E-state index in [1.165, 1.54) is 4.90 Å². The first-order chi connectivity index (χ1) is 8.27. The molecule has 88 valence electrons. The second kappa shape index (κ2) is 4.88. The van der Waals surface area contributed by atoms with Crippen molar-refractivity contribution in [1.29, 1.82) is 0 Å². The third-order valence-electron chi connectivity index (χ3n) is 2.51. The van der Waals surface area contributed by atoms with Crippen LogP contribution in [-0.4, -0.2) is 18.9 Å². The van der Waals surface area contributed by atoms with Gasteiger partial charge in [-0.25, -0.2) is 4.79 Å². The first-order valence-electron chi connectivity index (χ1n) is 5.33. The Bertz CT molecular complexity index is 471. The normalized spacial score (nSPS) is 17.7. The van der Waals surface area contributed by atoms with Gasteiger partial charge in [0.25, 0.3) is 0 Å². The van der Waals surface area contributed by atoms with E-state index >= 15 is 0 Å². The van der Waals surface area contributed by atoms with Crippen molar-refractivity contribution in [3.05, 3.63) is 40.8 Å². The lowest BCUT2D eigenvalue weighted by Gasteiger charge is -2.31. The molecule has 1 unspecified atom stereocenters. The molecule has 0 spiro atoms. The van der Waals surface area contributed by atoms with Crippen molar-refractivity contribution in [2.24, 2.45) is 5.18 Å². The standard InChI is InChI=1S/C12H12N2O3/c1-2-17-11-8-7-9-5-3-4-6-10(9)14(11)12(15)13-16/h3-8,11H,2H2,1H3. The number of hydrogen-bond donors (Lipinski definition) is 0. The molecule has 1 aromatic carbocycles. The maximum atomic E-state index is 11.5. The number of amides is 2. The van der Waals surface area contributed by atoms with Crippen LogP contribution >= 0.6 is 0 Å². The van der Waals surface area contributed by atoms with Gasteiger partial charge in [-0.05, 0) is 24.6 Å². The van der Waals surface area contributed by atoms with E-state index in [2.05, 4.69) is 5.18 Å². The highest BCUT2D eigenvalue weighted by Crippen LogP contribution is 2.29. The molecule has 0 saturated carbocycles. The Hall–Kier alpha value is -2.01. The number of ether oxygens (including phenoxy) is 1. The Morgan fingerprint density at radius 2 is 2.24 bits per heavy atom. The van der Waals surface area contributed by atoms with Crippen LogP contribution in [0.15, 0.2) is 35.5 Å². The maximum absolute atomic E-state index is 11.5. The molecule has 5 heteroatoms. The quantitative estimate of drug-likeness (QED) is 0.736. The molecule has 0 fully saturated rings. The molecule has 0 N–H and O–H groups in total. The van der Waals surface area contributed by atoms with Gasteiger partial charge in [0.05, 0.1) is 5.69 Å². The van der Waals surface area contributed by atoms with Crippen molar-refractivity contribution in [1.82, 2.24) is 0 Å². The largest absolute Gasteiger partial charge is 0.388 e. The first-order valence-corrected chi connectivity index (χ1v) is 5.33. The van der Waals surface area contributed by atoms with Crippen LogP contribution in [-0.2, 0) is 4.74 Å². The molecular weight excluding hydrogens is 220 g/mol. The van der Waals surface area contributed by atoms with E-state index in [0.29, 0.717) is 12.3 Å². The van der Waals surface area contributed by atoms with Crippen molar-refractivity contribution in [2.75, 3.05) is 11.5 Å². The zero-order valence-electron chi connectivity index (χ0n) is 9.37. The lowest BCUT2D eigenvalue weighted by atomic mass is 10.1. The summed E-state index contributed by atoms with van der Waals surface area (Å²) in [6.07, 6.45) is 3.03. The molecule has 1 aliphatic heterocycles. The number of fused-ring (bicyclic) bond motifs is 1. The minimum Gasteiger partial charge on any atom is -0.354 e. The Kier molecular flexibility index (Phi) is 3.30. The number of hydrogen-bond acceptors (Lipinski definition) is 3. The highest BCUT2D eigenvalue weighted by atomic mass is 16.5. The van der Waals surface area contributed by atoms with Gasteiger partial charge in [-0.15, -0.1) is 4.91 Å². The van der Waals surface area contributed by atoms with Crippen LogP contribution in [0.2, 0.25) is 0 Å². The minimum absolute atomic E-state index is 0.444. The zero-order valence-corrected chi connectivity index (χ0v) is 9.37. The van der Waals surface area contributed by atoms with E-state index in [1.54, 1.807) is 18.2 Å². The van der Waals surface area contributed by atoms with Gasteiger partial charge in [0.1, 0.15) is 0 Å². The van der Waals surface area contributed by atoms with Crippen molar-refractivity contribution in [3.63, 3.8) is 0 Å². The molecule has 1 aromatic rings. The highest BCUT2D eigenvalue weighted by Gasteiger charge is 2.28. The number of anilines is 1. The average molecular weight is 232 g/mol. The van der Waals surface area contributed by atoms with Gasteiger partial charge in [-0.1, -0.05) is 24.3 Å². The maximum Gasteiger partial charge on any atom is 0.388 e. The number of nitrogens with zero attached hydrogens (tertiary/aromatic N) is 2. The molecule has 0 radical (unpaired) electrons. The molecule has 0 aromatic heterocycles. The summed E-state index contributed by atoms with van der Waals surface area (Å²) in [5.41, 5.74) is 1.50. The molecule has 0 saturated heterocycles. The molecule has 2 amide bonds. The van der Waals surface area contributed by atoms with Crippen LogP contribution in [0.3, 0.4) is 0 Å². The number of benzene rings is 1. The molecule has 2 rings (SSSR count). The summed E-state index contributed by atoms with van der Waals surface area (Å²) >= 11 is 0. The van der Waals surface area contributed by atoms with Crippen LogP contribution in [0.4, 0.5) is 10.5 Å². The Labute approximate surface area is 98.7 Å². The summed E-state index contributed by atoms with van der Waals surface area (Å²) in [5.74, 6) is 0. The number of carbonyl (C=O) groups is 1. The summed E-state index contributed by atoms with van der Waals surface area (Å²) in [6, 6.07) is 6.43. The van der Waals surface area contributed by atoms with Crippen molar-refractivity contribution in [3.8, 4) is 0 Å². The molecule has 17 heavy (non-hydrogen) atoms. The fourth-order valence-electron chi connectivity index (χ4n) is 1.81. The summed E-state index contributed by atoms with van der Waals surface area (Å²) in [7, 11) is 0. The second-order valence-electron chi connectivity index (χ2n) is 3.51. The third kappa shape index (κ3) is 2.09. The molecule has 1 heterocycles. The van der Waals surface area contributed by atoms with Gasteiger partial charge >= 0.3 is 6.03 Å². The Morgan fingerprint density at radius 1 is 1.47 bits per heavy atom. The number of urea groups is 1. The van der Waals surface area contributed by atoms with Gasteiger partial charge in [0.2, 0.25) is 0 Å².